The van der Waals surface area contributed by atoms with E-state index in [2.05, 4.69) is 17.2 Å². The van der Waals surface area contributed by atoms with Crippen LogP contribution in [0.3, 0.4) is 0 Å². The molecular weight excluding hydrogens is 154 g/mol. The third-order valence-corrected chi connectivity index (χ3v) is 1.73. The molecule has 0 radical (unpaired) electrons. The minimum atomic E-state index is -0.0498. The molecule has 3 nitrogen and oxygen atoms in total. The summed E-state index contributed by atoms with van der Waals surface area (Å²) in [7, 11) is 1.51. The summed E-state index contributed by atoms with van der Waals surface area (Å²) >= 11 is 0. The van der Waals surface area contributed by atoms with Crippen molar-refractivity contribution in [3.63, 3.8) is 0 Å². The van der Waals surface area contributed by atoms with Crippen LogP contribution < -0.4 is 5.32 Å². The van der Waals surface area contributed by atoms with Crippen molar-refractivity contribution in [1.82, 2.24) is 5.32 Å². The number of ether oxygens (including phenoxy) is 1. The third kappa shape index (κ3) is 2.93. The number of amides is 1. The Morgan fingerprint density at radius 1 is 1.67 bits per heavy atom. The number of hydrogen-bond acceptors (Lipinski definition) is 2. The van der Waals surface area contributed by atoms with Crippen LogP contribution in [0.1, 0.15) is 19.3 Å². The third-order valence-electron chi connectivity index (χ3n) is 1.73. The van der Waals surface area contributed by atoms with E-state index in [-0.39, 0.29) is 18.6 Å². The molecule has 1 amide bonds. The van der Waals surface area contributed by atoms with Crippen LogP contribution in [0, 0.1) is 11.8 Å². The Bertz CT molecular complexity index is 214. The summed E-state index contributed by atoms with van der Waals surface area (Å²) in [5.74, 6) is 5.91. The Morgan fingerprint density at radius 3 is 3.08 bits per heavy atom. The lowest BCUT2D eigenvalue weighted by Crippen LogP contribution is -2.37. The average molecular weight is 167 g/mol. The van der Waals surface area contributed by atoms with Gasteiger partial charge in [0.05, 0.1) is 0 Å². The Labute approximate surface area is 72.5 Å². The number of carbonyl (C=O) groups is 1. The van der Waals surface area contributed by atoms with Gasteiger partial charge in [0.25, 0.3) is 0 Å². The van der Waals surface area contributed by atoms with Crippen molar-refractivity contribution in [3.05, 3.63) is 0 Å². The Hall–Kier alpha value is -1.01. The van der Waals surface area contributed by atoms with Gasteiger partial charge in [0, 0.05) is 26.0 Å². The van der Waals surface area contributed by atoms with Crippen LogP contribution in [0.5, 0.6) is 0 Å². The molecule has 0 spiro atoms. The fourth-order valence-electron chi connectivity index (χ4n) is 1.16. The highest BCUT2D eigenvalue weighted by molar-refractivity contribution is 5.77. The molecule has 1 unspecified atom stereocenters. The molecule has 1 atom stereocenters. The summed E-state index contributed by atoms with van der Waals surface area (Å²) in [5.41, 5.74) is 0. The molecule has 3 heteroatoms. The van der Waals surface area contributed by atoms with Crippen molar-refractivity contribution < 1.29 is 9.53 Å². The first-order valence-electron chi connectivity index (χ1n) is 4.07. The number of hydrogen-bond donors (Lipinski definition) is 1. The van der Waals surface area contributed by atoms with Crippen LogP contribution in [0.15, 0.2) is 0 Å². The normalized spacial score (nSPS) is 20.9. The quantitative estimate of drug-likeness (QED) is 0.614. The molecule has 0 bridgehead atoms. The molecule has 1 aliphatic rings. The summed E-state index contributed by atoms with van der Waals surface area (Å²) in [6.07, 6.45) is 2.62. The van der Waals surface area contributed by atoms with Crippen molar-refractivity contribution in [2.75, 3.05) is 13.7 Å². The predicted molar refractivity (Wildman–Crippen MR) is 45.4 cm³/mol. The highest BCUT2D eigenvalue weighted by Crippen LogP contribution is 2.04. The van der Waals surface area contributed by atoms with Crippen molar-refractivity contribution in [2.45, 2.75) is 25.3 Å². The van der Waals surface area contributed by atoms with Gasteiger partial charge in [0.15, 0.2) is 0 Å². The van der Waals surface area contributed by atoms with Gasteiger partial charge in [-0.15, -0.1) is 11.8 Å². The topological polar surface area (TPSA) is 38.3 Å². The first kappa shape index (κ1) is 9.08. The molecule has 1 N–H and O–H groups in total. The molecule has 1 aliphatic carbocycles. The predicted octanol–water partition coefficient (Wildman–Crippen LogP) is 0.305. The summed E-state index contributed by atoms with van der Waals surface area (Å²) in [4.78, 5) is 11.0. The van der Waals surface area contributed by atoms with Gasteiger partial charge >= 0.3 is 0 Å². The summed E-state index contributed by atoms with van der Waals surface area (Å²) < 4.78 is 4.70. The van der Waals surface area contributed by atoms with E-state index in [1.165, 1.54) is 7.11 Å². The van der Waals surface area contributed by atoms with Crippen molar-refractivity contribution in [2.24, 2.45) is 0 Å². The van der Waals surface area contributed by atoms with Crippen LogP contribution in [-0.2, 0) is 9.53 Å². The van der Waals surface area contributed by atoms with Crippen LogP contribution in [0.25, 0.3) is 0 Å². The van der Waals surface area contributed by atoms with Gasteiger partial charge in [0.2, 0.25) is 5.91 Å². The van der Waals surface area contributed by atoms with Crippen molar-refractivity contribution in [3.8, 4) is 11.8 Å². The van der Waals surface area contributed by atoms with Gasteiger partial charge in [-0.25, -0.2) is 0 Å². The van der Waals surface area contributed by atoms with E-state index < -0.39 is 0 Å². The Balaban J connectivity index is 2.23. The lowest BCUT2D eigenvalue weighted by atomic mass is 10.0. The standard InChI is InChI=1S/C9H13NO2/c1-12-7-9(11)10-8-5-3-2-4-6-8/h8H,3,5-7H2,1H3,(H,10,11). The SMILES string of the molecule is COCC(=O)NC1CC#CCC1. The lowest BCUT2D eigenvalue weighted by Gasteiger charge is -2.16. The zero-order chi connectivity index (χ0) is 8.81. The molecule has 0 aliphatic heterocycles. The molecule has 0 aromatic carbocycles. The summed E-state index contributed by atoms with van der Waals surface area (Å²) in [5, 5.41) is 2.85. The van der Waals surface area contributed by atoms with Gasteiger partial charge < -0.3 is 10.1 Å². The van der Waals surface area contributed by atoms with Gasteiger partial charge in [-0.05, 0) is 6.42 Å². The van der Waals surface area contributed by atoms with Crippen LogP contribution in [-0.4, -0.2) is 25.7 Å². The fraction of sp³-hybridized carbons (Fsp3) is 0.667. The maximum Gasteiger partial charge on any atom is 0.246 e. The number of carbonyl (C=O) groups excluding carboxylic acids is 1. The zero-order valence-electron chi connectivity index (χ0n) is 7.22. The molecule has 0 fully saturated rings. The van der Waals surface area contributed by atoms with Gasteiger partial charge in [-0.3, -0.25) is 4.79 Å². The van der Waals surface area contributed by atoms with Crippen LogP contribution >= 0.6 is 0 Å². The molecule has 0 aromatic heterocycles. The van der Waals surface area contributed by atoms with Crippen LogP contribution in [0.4, 0.5) is 0 Å². The van der Waals surface area contributed by atoms with E-state index in [9.17, 15) is 4.79 Å². The highest BCUT2D eigenvalue weighted by atomic mass is 16.5. The average Bonchev–Trinajstić information content (AvgIpc) is 2.06. The van der Waals surface area contributed by atoms with E-state index in [1.807, 2.05) is 0 Å². The monoisotopic (exact) mass is 167 g/mol. The molecule has 12 heavy (non-hydrogen) atoms. The second-order valence-corrected chi connectivity index (χ2v) is 2.79. The van der Waals surface area contributed by atoms with Crippen LogP contribution in [0.2, 0.25) is 0 Å². The van der Waals surface area contributed by atoms with Crippen molar-refractivity contribution >= 4 is 5.91 Å². The minimum Gasteiger partial charge on any atom is -0.375 e. The van der Waals surface area contributed by atoms with E-state index in [0.717, 1.165) is 19.3 Å². The second kappa shape index (κ2) is 4.78. The maximum atomic E-state index is 11.0. The second-order valence-electron chi connectivity index (χ2n) is 2.79. The van der Waals surface area contributed by atoms with Gasteiger partial charge in [0.1, 0.15) is 6.61 Å². The van der Waals surface area contributed by atoms with Gasteiger partial charge in [-0.2, -0.15) is 0 Å². The first-order chi connectivity index (χ1) is 5.83. The molecule has 1 rings (SSSR count). The molecule has 0 saturated carbocycles. The zero-order valence-corrected chi connectivity index (χ0v) is 7.22. The smallest absolute Gasteiger partial charge is 0.246 e. The van der Waals surface area contributed by atoms with Gasteiger partial charge in [-0.1, -0.05) is 0 Å². The molecule has 0 aromatic rings. The fourth-order valence-corrected chi connectivity index (χ4v) is 1.16. The minimum absolute atomic E-state index is 0.0498. The van der Waals surface area contributed by atoms with E-state index in [1.54, 1.807) is 0 Å². The number of nitrogens with one attached hydrogen (secondary N) is 1. The molecule has 66 valence electrons. The maximum absolute atomic E-state index is 11.0. The van der Waals surface area contributed by atoms with Crippen molar-refractivity contribution in [1.29, 1.82) is 0 Å². The largest absolute Gasteiger partial charge is 0.375 e. The van der Waals surface area contributed by atoms with E-state index in [4.69, 9.17) is 4.74 Å². The summed E-state index contributed by atoms with van der Waals surface area (Å²) in [6, 6.07) is 0.230. The number of methoxy groups -OCH3 is 1. The number of rotatable bonds is 3. The first-order valence-corrected chi connectivity index (χ1v) is 4.07. The molecule has 0 saturated heterocycles. The molecular formula is C9H13NO2. The highest BCUT2D eigenvalue weighted by Gasteiger charge is 2.11. The lowest BCUT2D eigenvalue weighted by molar-refractivity contribution is -0.125. The van der Waals surface area contributed by atoms with E-state index >= 15 is 0 Å². The Morgan fingerprint density at radius 2 is 2.50 bits per heavy atom. The Kier molecular flexibility index (Phi) is 3.62. The van der Waals surface area contributed by atoms with E-state index in [0.29, 0.717) is 0 Å². The summed E-state index contributed by atoms with van der Waals surface area (Å²) in [6.45, 7) is 0.143. The molecule has 0 heterocycles.